The molecule has 5 heteroatoms. The van der Waals surface area contributed by atoms with Crippen LogP contribution in [0.5, 0.6) is 0 Å². The quantitative estimate of drug-likeness (QED) is 0.765. The minimum absolute atomic E-state index is 0.0510. The summed E-state index contributed by atoms with van der Waals surface area (Å²) in [4.78, 5) is 15.1. The van der Waals surface area contributed by atoms with Crippen LogP contribution in [0.1, 0.15) is 52.4 Å². The largest absolute Gasteiger partial charge is 0.349 e. The fourth-order valence-corrected chi connectivity index (χ4v) is 4.41. The summed E-state index contributed by atoms with van der Waals surface area (Å²) in [5, 5.41) is 3.23. The van der Waals surface area contributed by atoms with Crippen molar-refractivity contribution in [2.24, 2.45) is 0 Å². The monoisotopic (exact) mass is 378 g/mol. The molecule has 1 amide bonds. The van der Waals surface area contributed by atoms with Crippen LogP contribution in [0.25, 0.3) is 0 Å². The first-order chi connectivity index (χ1) is 13.6. The predicted octanol–water partition coefficient (Wildman–Crippen LogP) is 3.06. The van der Waals surface area contributed by atoms with Crippen LogP contribution in [0.4, 0.5) is 0 Å². The molecule has 5 nitrogen and oxygen atoms in total. The van der Waals surface area contributed by atoms with E-state index in [1.165, 1.54) is 5.56 Å². The number of hydrazine groups is 1. The number of nitrogens with one attached hydrogen (secondary N) is 3. The van der Waals surface area contributed by atoms with E-state index in [-0.39, 0.29) is 11.9 Å². The molecule has 2 aromatic carbocycles. The van der Waals surface area contributed by atoms with Crippen molar-refractivity contribution < 1.29 is 4.79 Å². The van der Waals surface area contributed by atoms with Gasteiger partial charge in [-0.05, 0) is 50.8 Å². The van der Waals surface area contributed by atoms with E-state index in [2.05, 4.69) is 57.5 Å². The van der Waals surface area contributed by atoms with Crippen molar-refractivity contribution in [3.63, 3.8) is 0 Å². The van der Waals surface area contributed by atoms with Gasteiger partial charge >= 0.3 is 0 Å². The summed E-state index contributed by atoms with van der Waals surface area (Å²) >= 11 is 0. The lowest BCUT2D eigenvalue weighted by Crippen LogP contribution is -2.51. The van der Waals surface area contributed by atoms with Gasteiger partial charge in [0.15, 0.2) is 0 Å². The summed E-state index contributed by atoms with van der Waals surface area (Å²) in [6, 6.07) is 17.2. The van der Waals surface area contributed by atoms with Crippen molar-refractivity contribution in [2.75, 3.05) is 13.1 Å². The molecule has 0 radical (unpaired) electrons. The molecule has 2 heterocycles. The summed E-state index contributed by atoms with van der Waals surface area (Å²) in [5.41, 5.74) is 11.3. The maximum atomic E-state index is 12.6. The first-order valence-corrected chi connectivity index (χ1v) is 10.3. The number of hydrogen-bond donors (Lipinski definition) is 3. The molecule has 0 aliphatic carbocycles. The third-order valence-corrected chi connectivity index (χ3v) is 5.87. The number of piperidine rings is 1. The molecule has 0 bridgehead atoms. The Bertz CT molecular complexity index is 794. The standard InChI is InChI=1S/C23H30N4O/c1-16-12-17(2)14-19(13-16)23(28)24-20-8-10-27(11-9-20)22-15-21(25-26-22)18-6-4-3-5-7-18/h3-7,12-14,20-22,25-26H,8-11,15H2,1-2H3,(H,24,28). The second-order valence-electron chi connectivity index (χ2n) is 8.16. The molecule has 2 aromatic rings. The molecule has 2 saturated heterocycles. The summed E-state index contributed by atoms with van der Waals surface area (Å²) < 4.78 is 0. The van der Waals surface area contributed by atoms with Crippen molar-refractivity contribution in [3.8, 4) is 0 Å². The molecule has 0 spiro atoms. The number of hydrogen-bond acceptors (Lipinski definition) is 4. The van der Waals surface area contributed by atoms with Crippen molar-refractivity contribution in [3.05, 3.63) is 70.8 Å². The highest BCUT2D eigenvalue weighted by Crippen LogP contribution is 2.25. The van der Waals surface area contributed by atoms with E-state index >= 15 is 0 Å². The second-order valence-corrected chi connectivity index (χ2v) is 8.16. The van der Waals surface area contributed by atoms with E-state index in [1.54, 1.807) is 0 Å². The maximum absolute atomic E-state index is 12.6. The van der Waals surface area contributed by atoms with Gasteiger partial charge in [-0.3, -0.25) is 9.69 Å². The Labute approximate surface area is 167 Å². The number of rotatable bonds is 4. The van der Waals surface area contributed by atoms with E-state index in [0.29, 0.717) is 12.2 Å². The Morgan fingerprint density at radius 2 is 1.68 bits per heavy atom. The van der Waals surface area contributed by atoms with Crippen LogP contribution in [-0.4, -0.2) is 36.1 Å². The van der Waals surface area contributed by atoms with Crippen molar-refractivity contribution in [1.29, 1.82) is 0 Å². The topological polar surface area (TPSA) is 56.4 Å². The van der Waals surface area contributed by atoms with E-state index in [0.717, 1.165) is 49.0 Å². The van der Waals surface area contributed by atoms with Crippen LogP contribution in [0.3, 0.4) is 0 Å². The Balaban J connectivity index is 1.27. The van der Waals surface area contributed by atoms with E-state index in [1.807, 2.05) is 26.0 Å². The zero-order chi connectivity index (χ0) is 19.5. The van der Waals surface area contributed by atoms with Crippen LogP contribution >= 0.6 is 0 Å². The normalized spacial score (nSPS) is 23.6. The lowest BCUT2D eigenvalue weighted by molar-refractivity contribution is 0.0879. The Kier molecular flexibility index (Phi) is 5.76. The first-order valence-electron chi connectivity index (χ1n) is 10.3. The molecular formula is C23H30N4O. The number of likely N-dealkylation sites (tertiary alicyclic amines) is 1. The molecule has 0 saturated carbocycles. The molecule has 2 unspecified atom stereocenters. The smallest absolute Gasteiger partial charge is 0.251 e. The van der Waals surface area contributed by atoms with Gasteiger partial charge in [0.1, 0.15) is 0 Å². The summed E-state index contributed by atoms with van der Waals surface area (Å²) in [5.74, 6) is 0.0510. The lowest BCUT2D eigenvalue weighted by Gasteiger charge is -2.35. The van der Waals surface area contributed by atoms with Crippen molar-refractivity contribution in [2.45, 2.75) is 51.4 Å². The number of nitrogens with zero attached hydrogens (tertiary/aromatic N) is 1. The van der Waals surface area contributed by atoms with Gasteiger partial charge in [0.25, 0.3) is 5.91 Å². The predicted molar refractivity (Wildman–Crippen MR) is 112 cm³/mol. The average Bonchev–Trinajstić information content (AvgIpc) is 3.19. The number of carbonyl (C=O) groups is 1. The first kappa shape index (κ1) is 19.1. The molecule has 3 N–H and O–H groups in total. The lowest BCUT2D eigenvalue weighted by atomic mass is 10.0. The Hall–Kier alpha value is -2.21. The summed E-state index contributed by atoms with van der Waals surface area (Å²) in [6.45, 7) is 6.07. The third kappa shape index (κ3) is 4.43. The molecule has 28 heavy (non-hydrogen) atoms. The minimum Gasteiger partial charge on any atom is -0.349 e. The average molecular weight is 379 g/mol. The van der Waals surface area contributed by atoms with Crippen LogP contribution in [0.15, 0.2) is 48.5 Å². The molecule has 2 aliphatic rings. The molecular weight excluding hydrogens is 348 g/mol. The van der Waals surface area contributed by atoms with E-state index in [9.17, 15) is 4.79 Å². The Morgan fingerprint density at radius 1 is 1.00 bits per heavy atom. The molecule has 148 valence electrons. The van der Waals surface area contributed by atoms with Gasteiger partial charge in [-0.15, -0.1) is 0 Å². The summed E-state index contributed by atoms with van der Waals surface area (Å²) in [6.07, 6.45) is 3.39. The van der Waals surface area contributed by atoms with Crippen molar-refractivity contribution in [1.82, 2.24) is 21.1 Å². The SMILES string of the molecule is Cc1cc(C)cc(C(=O)NC2CCN(C3CC(c4ccccc4)NN3)CC2)c1. The molecule has 2 fully saturated rings. The van der Waals surface area contributed by atoms with Crippen molar-refractivity contribution >= 4 is 5.91 Å². The van der Waals surface area contributed by atoms with E-state index in [4.69, 9.17) is 0 Å². The Morgan fingerprint density at radius 3 is 2.36 bits per heavy atom. The highest BCUT2D eigenvalue weighted by molar-refractivity contribution is 5.94. The van der Waals surface area contributed by atoms with E-state index < -0.39 is 0 Å². The summed E-state index contributed by atoms with van der Waals surface area (Å²) in [7, 11) is 0. The highest BCUT2D eigenvalue weighted by atomic mass is 16.1. The molecule has 2 atom stereocenters. The van der Waals surface area contributed by atoms with Crippen LogP contribution in [0, 0.1) is 13.8 Å². The maximum Gasteiger partial charge on any atom is 0.251 e. The second kappa shape index (κ2) is 8.43. The molecule has 2 aliphatic heterocycles. The van der Waals surface area contributed by atoms with Crippen LogP contribution < -0.4 is 16.2 Å². The van der Waals surface area contributed by atoms with Gasteiger partial charge in [-0.1, -0.05) is 47.5 Å². The fraction of sp³-hybridized carbons (Fsp3) is 0.435. The van der Waals surface area contributed by atoms with Crippen LogP contribution in [0.2, 0.25) is 0 Å². The van der Waals surface area contributed by atoms with Gasteiger partial charge in [0.05, 0.1) is 6.17 Å². The van der Waals surface area contributed by atoms with Gasteiger partial charge in [-0.25, -0.2) is 10.9 Å². The zero-order valence-corrected chi connectivity index (χ0v) is 16.7. The number of carbonyl (C=O) groups excluding carboxylic acids is 1. The minimum atomic E-state index is 0.0510. The third-order valence-electron chi connectivity index (χ3n) is 5.87. The van der Waals surface area contributed by atoms with Gasteiger partial charge in [-0.2, -0.15) is 0 Å². The van der Waals surface area contributed by atoms with Gasteiger partial charge < -0.3 is 5.32 Å². The zero-order valence-electron chi connectivity index (χ0n) is 16.7. The number of amides is 1. The van der Waals surface area contributed by atoms with Gasteiger partial charge in [0, 0.05) is 30.7 Å². The van der Waals surface area contributed by atoms with Gasteiger partial charge in [0.2, 0.25) is 0 Å². The number of aryl methyl sites for hydroxylation is 2. The highest BCUT2D eigenvalue weighted by Gasteiger charge is 2.32. The molecule has 0 aromatic heterocycles. The number of benzene rings is 2. The molecule has 4 rings (SSSR count). The fourth-order valence-electron chi connectivity index (χ4n) is 4.41. The van der Waals surface area contributed by atoms with Crippen LogP contribution in [-0.2, 0) is 0 Å².